The number of aryl methyl sites for hydroxylation is 2. The summed E-state index contributed by atoms with van der Waals surface area (Å²) in [4.78, 5) is 23.5. The molecule has 0 radical (unpaired) electrons. The molecule has 0 spiro atoms. The summed E-state index contributed by atoms with van der Waals surface area (Å²) in [7, 11) is 0. The molecule has 0 saturated heterocycles. The van der Waals surface area contributed by atoms with Crippen molar-refractivity contribution >= 4 is 33.3 Å². The molecule has 0 unspecified atom stereocenters. The number of anilines is 1. The van der Waals surface area contributed by atoms with Crippen LogP contribution < -0.4 is 5.32 Å². The Bertz CT molecular complexity index is 842. The average molecular weight is 309 g/mol. The summed E-state index contributed by atoms with van der Waals surface area (Å²) in [6.07, 6.45) is 6.13. The van der Waals surface area contributed by atoms with E-state index in [1.807, 2.05) is 18.2 Å². The fraction of sp³-hybridized carbons (Fsp3) is 0.235. The number of hydrogen-bond acceptors (Lipinski definition) is 4. The summed E-state index contributed by atoms with van der Waals surface area (Å²) >= 11 is 1.73. The maximum absolute atomic E-state index is 12.4. The van der Waals surface area contributed by atoms with Gasteiger partial charge in [-0.2, -0.15) is 0 Å². The number of carbonyl (C=O) groups is 1. The SMILES string of the molecule is O=C(Nc1ncnc2sc3c(c12)CCCC3)c1ccccc1. The number of aromatic nitrogens is 2. The molecule has 5 heteroatoms. The van der Waals surface area contributed by atoms with Crippen molar-refractivity contribution in [1.29, 1.82) is 0 Å². The Morgan fingerprint density at radius 2 is 1.91 bits per heavy atom. The van der Waals surface area contributed by atoms with E-state index in [4.69, 9.17) is 0 Å². The fourth-order valence-electron chi connectivity index (χ4n) is 2.95. The summed E-state index contributed by atoms with van der Waals surface area (Å²) in [6, 6.07) is 9.22. The zero-order valence-corrected chi connectivity index (χ0v) is 12.8. The first-order valence-electron chi connectivity index (χ1n) is 7.44. The Balaban J connectivity index is 1.76. The van der Waals surface area contributed by atoms with E-state index in [1.54, 1.807) is 23.5 Å². The quantitative estimate of drug-likeness (QED) is 0.783. The van der Waals surface area contributed by atoms with Gasteiger partial charge in [0, 0.05) is 10.4 Å². The zero-order chi connectivity index (χ0) is 14.9. The Hall–Kier alpha value is -2.27. The van der Waals surface area contributed by atoms with Crippen molar-refractivity contribution in [3.05, 3.63) is 52.7 Å². The van der Waals surface area contributed by atoms with Crippen molar-refractivity contribution in [3.63, 3.8) is 0 Å². The van der Waals surface area contributed by atoms with E-state index in [0.717, 1.165) is 23.1 Å². The number of rotatable bonds is 2. The van der Waals surface area contributed by atoms with Crippen molar-refractivity contribution < 1.29 is 4.79 Å². The van der Waals surface area contributed by atoms with E-state index in [9.17, 15) is 4.79 Å². The molecular formula is C17H15N3OS. The summed E-state index contributed by atoms with van der Waals surface area (Å²) in [5.41, 5.74) is 1.97. The first-order valence-corrected chi connectivity index (χ1v) is 8.26. The Morgan fingerprint density at radius 3 is 2.77 bits per heavy atom. The van der Waals surface area contributed by atoms with Crippen molar-refractivity contribution in [3.8, 4) is 0 Å². The maximum atomic E-state index is 12.4. The molecule has 0 atom stereocenters. The summed E-state index contributed by atoms with van der Waals surface area (Å²) in [5.74, 6) is 0.509. The number of amides is 1. The minimum atomic E-state index is -0.128. The van der Waals surface area contributed by atoms with Gasteiger partial charge in [0.15, 0.2) is 0 Å². The lowest BCUT2D eigenvalue weighted by Gasteiger charge is -2.12. The van der Waals surface area contributed by atoms with Gasteiger partial charge in [-0.05, 0) is 43.4 Å². The number of nitrogens with zero attached hydrogens (tertiary/aromatic N) is 2. The molecule has 1 aliphatic carbocycles. The molecule has 1 aliphatic rings. The lowest BCUT2D eigenvalue weighted by Crippen LogP contribution is -2.13. The molecule has 3 aromatic rings. The Kier molecular flexibility index (Phi) is 3.35. The minimum Gasteiger partial charge on any atom is -0.306 e. The molecule has 4 nitrogen and oxygen atoms in total. The van der Waals surface area contributed by atoms with Crippen molar-refractivity contribution in [1.82, 2.24) is 9.97 Å². The summed E-state index contributed by atoms with van der Waals surface area (Å²) in [6.45, 7) is 0. The van der Waals surface area contributed by atoms with Gasteiger partial charge in [0.2, 0.25) is 0 Å². The van der Waals surface area contributed by atoms with Gasteiger partial charge < -0.3 is 5.32 Å². The Labute approximate surface area is 132 Å². The third-order valence-electron chi connectivity index (χ3n) is 4.02. The first-order chi connectivity index (χ1) is 10.8. The molecule has 0 saturated carbocycles. The van der Waals surface area contributed by atoms with Gasteiger partial charge in [-0.1, -0.05) is 18.2 Å². The Morgan fingerprint density at radius 1 is 1.09 bits per heavy atom. The normalized spacial score (nSPS) is 13.8. The standard InChI is InChI=1S/C17H15N3OS/c21-16(11-6-2-1-3-7-11)20-15-14-12-8-4-5-9-13(12)22-17(14)19-10-18-15/h1-3,6-7,10H,4-5,8-9H2,(H,18,19,20,21). The molecule has 1 aromatic carbocycles. The monoisotopic (exact) mass is 309 g/mol. The average Bonchev–Trinajstić information content (AvgIpc) is 2.95. The molecule has 0 bridgehead atoms. The maximum Gasteiger partial charge on any atom is 0.256 e. The molecule has 1 amide bonds. The van der Waals surface area contributed by atoms with Crippen LogP contribution in [0.2, 0.25) is 0 Å². The van der Waals surface area contributed by atoms with Crippen LogP contribution in [0.4, 0.5) is 5.82 Å². The molecule has 1 N–H and O–H groups in total. The predicted molar refractivity (Wildman–Crippen MR) is 88.5 cm³/mol. The molecule has 4 rings (SSSR count). The number of nitrogens with one attached hydrogen (secondary N) is 1. The molecule has 22 heavy (non-hydrogen) atoms. The van der Waals surface area contributed by atoms with E-state index in [2.05, 4.69) is 15.3 Å². The smallest absolute Gasteiger partial charge is 0.256 e. The number of fused-ring (bicyclic) bond motifs is 3. The highest BCUT2D eigenvalue weighted by Gasteiger charge is 2.20. The van der Waals surface area contributed by atoms with Gasteiger partial charge >= 0.3 is 0 Å². The van der Waals surface area contributed by atoms with Gasteiger partial charge in [-0.3, -0.25) is 4.79 Å². The number of hydrogen-bond donors (Lipinski definition) is 1. The molecule has 2 aromatic heterocycles. The van der Waals surface area contributed by atoms with E-state index in [0.29, 0.717) is 11.4 Å². The number of carbonyl (C=O) groups excluding carboxylic acids is 1. The number of benzene rings is 1. The topological polar surface area (TPSA) is 54.9 Å². The first kappa shape index (κ1) is 13.4. The molecule has 0 fully saturated rings. The van der Waals surface area contributed by atoms with E-state index in [1.165, 1.54) is 29.6 Å². The molecule has 2 heterocycles. The van der Waals surface area contributed by atoms with Crippen molar-refractivity contribution in [2.45, 2.75) is 25.7 Å². The van der Waals surface area contributed by atoms with Gasteiger partial charge in [-0.15, -0.1) is 11.3 Å². The highest BCUT2D eigenvalue weighted by atomic mass is 32.1. The van der Waals surface area contributed by atoms with Crippen LogP contribution >= 0.6 is 11.3 Å². The van der Waals surface area contributed by atoms with E-state index >= 15 is 0 Å². The number of thiophene rings is 1. The van der Waals surface area contributed by atoms with Gasteiger partial charge in [-0.25, -0.2) is 9.97 Å². The summed E-state index contributed by atoms with van der Waals surface area (Å²) < 4.78 is 0. The predicted octanol–water partition coefficient (Wildman–Crippen LogP) is 3.82. The van der Waals surface area contributed by atoms with Gasteiger partial charge in [0.05, 0.1) is 5.39 Å². The van der Waals surface area contributed by atoms with E-state index in [-0.39, 0.29) is 5.91 Å². The van der Waals surface area contributed by atoms with Crippen LogP contribution in [0.1, 0.15) is 33.6 Å². The van der Waals surface area contributed by atoms with Crippen molar-refractivity contribution in [2.24, 2.45) is 0 Å². The molecular weight excluding hydrogens is 294 g/mol. The van der Waals surface area contributed by atoms with Gasteiger partial charge in [0.25, 0.3) is 5.91 Å². The fourth-order valence-corrected chi connectivity index (χ4v) is 4.18. The third-order valence-corrected chi connectivity index (χ3v) is 5.22. The second-order valence-corrected chi connectivity index (χ2v) is 6.52. The second kappa shape index (κ2) is 5.50. The summed E-state index contributed by atoms with van der Waals surface area (Å²) in [5, 5.41) is 3.99. The van der Waals surface area contributed by atoms with Crippen LogP contribution in [0.25, 0.3) is 10.2 Å². The highest BCUT2D eigenvalue weighted by Crippen LogP contribution is 2.38. The minimum absolute atomic E-state index is 0.128. The lowest BCUT2D eigenvalue weighted by molar-refractivity contribution is 0.102. The second-order valence-electron chi connectivity index (χ2n) is 5.43. The van der Waals surface area contributed by atoms with Crippen LogP contribution in [0.15, 0.2) is 36.7 Å². The highest BCUT2D eigenvalue weighted by molar-refractivity contribution is 7.19. The van der Waals surface area contributed by atoms with Crippen LogP contribution in [-0.2, 0) is 12.8 Å². The lowest BCUT2D eigenvalue weighted by atomic mass is 9.97. The van der Waals surface area contributed by atoms with Crippen LogP contribution in [0.5, 0.6) is 0 Å². The largest absolute Gasteiger partial charge is 0.306 e. The van der Waals surface area contributed by atoms with E-state index < -0.39 is 0 Å². The molecule has 0 aliphatic heterocycles. The van der Waals surface area contributed by atoms with Crippen LogP contribution in [0.3, 0.4) is 0 Å². The third kappa shape index (κ3) is 2.27. The van der Waals surface area contributed by atoms with Crippen molar-refractivity contribution in [2.75, 3.05) is 5.32 Å². The van der Waals surface area contributed by atoms with Crippen LogP contribution in [0, 0.1) is 0 Å². The van der Waals surface area contributed by atoms with Crippen LogP contribution in [-0.4, -0.2) is 15.9 Å². The molecule has 110 valence electrons. The van der Waals surface area contributed by atoms with Gasteiger partial charge in [0.1, 0.15) is 17.0 Å². The zero-order valence-electron chi connectivity index (χ0n) is 12.0.